The van der Waals surface area contributed by atoms with E-state index in [1.807, 2.05) is 34.9 Å². The molecule has 3 aromatic heterocycles. The normalized spacial score (nSPS) is 12.4. The third kappa shape index (κ3) is 5.37. The average Bonchev–Trinajstić information content (AvgIpc) is 3.28. The molecule has 7 heteroatoms. The van der Waals surface area contributed by atoms with Crippen molar-refractivity contribution in [3.8, 4) is 22.6 Å². The van der Waals surface area contributed by atoms with E-state index in [9.17, 15) is 4.39 Å². The highest BCUT2D eigenvalue weighted by atomic mass is 19.1. The molecule has 5 rings (SSSR count). The summed E-state index contributed by atoms with van der Waals surface area (Å²) in [7, 11) is 2.11. The average molecular weight is 495 g/mol. The zero-order valence-corrected chi connectivity index (χ0v) is 21.6. The SMILES string of the molecule is CC(C)N(C)Cc1ccn2c(-c3ccnc(N[C@@H](C)c4ccccc4)n3)c(-c3ccc(F)cc3)nc2c1. The predicted octanol–water partition coefficient (Wildman–Crippen LogP) is 6.61. The van der Waals surface area contributed by atoms with Gasteiger partial charge in [0.25, 0.3) is 0 Å². The van der Waals surface area contributed by atoms with E-state index in [-0.39, 0.29) is 11.9 Å². The maximum atomic E-state index is 13.7. The minimum absolute atomic E-state index is 0.0377. The summed E-state index contributed by atoms with van der Waals surface area (Å²) in [4.78, 5) is 16.6. The van der Waals surface area contributed by atoms with Crippen molar-refractivity contribution < 1.29 is 4.39 Å². The quantitative estimate of drug-likeness (QED) is 0.263. The van der Waals surface area contributed by atoms with Crippen LogP contribution in [0.5, 0.6) is 0 Å². The van der Waals surface area contributed by atoms with Crippen molar-refractivity contribution in [3.63, 3.8) is 0 Å². The zero-order chi connectivity index (χ0) is 25.9. The molecule has 0 aliphatic carbocycles. The van der Waals surface area contributed by atoms with Gasteiger partial charge in [-0.25, -0.2) is 19.3 Å². The van der Waals surface area contributed by atoms with Gasteiger partial charge in [-0.1, -0.05) is 30.3 Å². The lowest BCUT2D eigenvalue weighted by Crippen LogP contribution is -2.25. The molecule has 2 aromatic carbocycles. The van der Waals surface area contributed by atoms with E-state index >= 15 is 0 Å². The molecule has 37 heavy (non-hydrogen) atoms. The molecule has 5 aromatic rings. The van der Waals surface area contributed by atoms with Crippen LogP contribution in [-0.2, 0) is 6.54 Å². The van der Waals surface area contributed by atoms with E-state index in [2.05, 4.69) is 67.3 Å². The number of anilines is 1. The van der Waals surface area contributed by atoms with E-state index in [1.54, 1.807) is 18.3 Å². The molecule has 0 spiro atoms. The van der Waals surface area contributed by atoms with Gasteiger partial charge in [-0.3, -0.25) is 9.30 Å². The van der Waals surface area contributed by atoms with Gasteiger partial charge < -0.3 is 5.32 Å². The molecule has 0 aliphatic heterocycles. The number of nitrogens with zero attached hydrogens (tertiary/aromatic N) is 5. The Balaban J connectivity index is 1.58. The minimum Gasteiger partial charge on any atom is -0.348 e. The summed E-state index contributed by atoms with van der Waals surface area (Å²) in [5.41, 5.74) is 6.28. The first-order chi connectivity index (χ1) is 17.9. The van der Waals surface area contributed by atoms with Crippen molar-refractivity contribution in [2.75, 3.05) is 12.4 Å². The first kappa shape index (κ1) is 24.6. The van der Waals surface area contributed by atoms with Gasteiger partial charge in [-0.2, -0.15) is 0 Å². The second-order valence-electron chi connectivity index (χ2n) is 9.63. The number of hydrogen-bond acceptors (Lipinski definition) is 5. The van der Waals surface area contributed by atoms with E-state index < -0.39 is 0 Å². The number of imidazole rings is 1. The Morgan fingerprint density at radius 1 is 0.946 bits per heavy atom. The van der Waals surface area contributed by atoms with Crippen LogP contribution >= 0.6 is 0 Å². The van der Waals surface area contributed by atoms with Gasteiger partial charge in [0, 0.05) is 30.5 Å². The van der Waals surface area contributed by atoms with Crippen LogP contribution < -0.4 is 5.32 Å². The number of rotatable bonds is 8. The molecule has 3 heterocycles. The second-order valence-corrected chi connectivity index (χ2v) is 9.63. The fourth-order valence-electron chi connectivity index (χ4n) is 4.29. The summed E-state index contributed by atoms with van der Waals surface area (Å²) < 4.78 is 15.8. The molecule has 0 saturated carbocycles. The van der Waals surface area contributed by atoms with E-state index in [0.29, 0.717) is 12.0 Å². The van der Waals surface area contributed by atoms with Crippen molar-refractivity contribution in [2.45, 2.75) is 39.4 Å². The predicted molar refractivity (Wildman–Crippen MR) is 147 cm³/mol. The van der Waals surface area contributed by atoms with Crippen molar-refractivity contribution in [1.82, 2.24) is 24.3 Å². The highest BCUT2D eigenvalue weighted by molar-refractivity contribution is 5.80. The van der Waals surface area contributed by atoms with Gasteiger partial charge >= 0.3 is 0 Å². The molecule has 0 unspecified atom stereocenters. The van der Waals surface area contributed by atoms with Crippen LogP contribution in [0.1, 0.15) is 37.9 Å². The van der Waals surface area contributed by atoms with Crippen LogP contribution in [0.2, 0.25) is 0 Å². The van der Waals surface area contributed by atoms with Gasteiger partial charge in [-0.15, -0.1) is 0 Å². The van der Waals surface area contributed by atoms with Gasteiger partial charge in [0.05, 0.1) is 23.1 Å². The van der Waals surface area contributed by atoms with Crippen molar-refractivity contribution in [2.24, 2.45) is 0 Å². The Morgan fingerprint density at radius 3 is 2.43 bits per heavy atom. The standard InChI is InChI=1S/C30H31FN6/c1-20(2)36(4)19-22-15-17-37-27(18-22)35-28(24-10-12-25(31)13-11-24)29(37)26-14-16-32-30(34-26)33-21(3)23-8-6-5-7-9-23/h5-18,20-21H,19H2,1-4H3,(H,32,33,34)/t21-/m0/s1. The lowest BCUT2D eigenvalue weighted by Gasteiger charge is -2.20. The van der Waals surface area contributed by atoms with Gasteiger partial charge in [0.2, 0.25) is 5.95 Å². The number of aromatic nitrogens is 4. The minimum atomic E-state index is -0.281. The molecule has 6 nitrogen and oxygen atoms in total. The van der Waals surface area contributed by atoms with Gasteiger partial charge in [0.15, 0.2) is 0 Å². The summed E-state index contributed by atoms with van der Waals surface area (Å²) in [6, 6.07) is 23.2. The Morgan fingerprint density at radius 2 is 1.70 bits per heavy atom. The third-order valence-corrected chi connectivity index (χ3v) is 6.67. The number of benzene rings is 2. The van der Waals surface area contributed by atoms with Crippen molar-refractivity contribution in [1.29, 1.82) is 0 Å². The summed E-state index contributed by atoms with van der Waals surface area (Å²) in [6.45, 7) is 7.26. The van der Waals surface area contributed by atoms with Crippen LogP contribution in [0.3, 0.4) is 0 Å². The molecule has 188 valence electrons. The van der Waals surface area contributed by atoms with Gasteiger partial charge in [-0.05, 0) is 81.4 Å². The molecule has 1 atom stereocenters. The van der Waals surface area contributed by atoms with Crippen molar-refractivity contribution in [3.05, 3.63) is 102 Å². The highest BCUT2D eigenvalue weighted by Crippen LogP contribution is 2.33. The zero-order valence-electron chi connectivity index (χ0n) is 21.6. The van der Waals surface area contributed by atoms with Crippen LogP contribution in [0.15, 0.2) is 85.2 Å². The first-order valence-electron chi connectivity index (χ1n) is 12.5. The maximum Gasteiger partial charge on any atom is 0.223 e. The molecular formula is C30H31FN6. The Bertz CT molecular complexity index is 1490. The van der Waals surface area contributed by atoms with Crippen molar-refractivity contribution >= 4 is 11.6 Å². The molecule has 0 radical (unpaired) electrons. The topological polar surface area (TPSA) is 58.4 Å². The fraction of sp³-hybridized carbons (Fsp3) is 0.233. The molecule has 0 bridgehead atoms. The summed E-state index contributed by atoms with van der Waals surface area (Å²) in [5, 5.41) is 3.41. The lowest BCUT2D eigenvalue weighted by atomic mass is 10.1. The summed E-state index contributed by atoms with van der Waals surface area (Å²) in [5.74, 6) is 0.250. The van der Waals surface area contributed by atoms with Crippen LogP contribution in [0, 0.1) is 5.82 Å². The van der Waals surface area contributed by atoms with Crippen LogP contribution in [-0.4, -0.2) is 37.3 Å². The first-order valence-corrected chi connectivity index (χ1v) is 12.5. The Hall–Kier alpha value is -4.10. The second kappa shape index (κ2) is 10.5. The van der Waals surface area contributed by atoms with E-state index in [1.165, 1.54) is 17.7 Å². The molecular weight excluding hydrogens is 463 g/mol. The Kier molecular flexibility index (Phi) is 6.97. The van der Waals surface area contributed by atoms with Crippen LogP contribution in [0.4, 0.5) is 10.3 Å². The number of hydrogen-bond donors (Lipinski definition) is 1. The Labute approximate surface area is 216 Å². The van der Waals surface area contributed by atoms with E-state index in [0.717, 1.165) is 40.4 Å². The molecule has 0 saturated heterocycles. The highest BCUT2D eigenvalue weighted by Gasteiger charge is 2.19. The lowest BCUT2D eigenvalue weighted by molar-refractivity contribution is 0.266. The van der Waals surface area contributed by atoms with Crippen LogP contribution in [0.25, 0.3) is 28.3 Å². The monoisotopic (exact) mass is 494 g/mol. The number of pyridine rings is 1. The molecule has 0 fully saturated rings. The van der Waals surface area contributed by atoms with E-state index in [4.69, 9.17) is 9.97 Å². The largest absolute Gasteiger partial charge is 0.348 e. The number of fused-ring (bicyclic) bond motifs is 1. The van der Waals surface area contributed by atoms with Gasteiger partial charge in [0.1, 0.15) is 11.5 Å². The third-order valence-electron chi connectivity index (χ3n) is 6.67. The maximum absolute atomic E-state index is 13.7. The molecule has 0 amide bonds. The fourth-order valence-corrected chi connectivity index (χ4v) is 4.29. The molecule has 0 aliphatic rings. The smallest absolute Gasteiger partial charge is 0.223 e. The molecule has 1 N–H and O–H groups in total. The summed E-state index contributed by atoms with van der Waals surface area (Å²) in [6.07, 6.45) is 3.79. The number of nitrogens with one attached hydrogen (secondary N) is 1. The number of halogens is 1. The summed E-state index contributed by atoms with van der Waals surface area (Å²) >= 11 is 0.